The van der Waals surface area contributed by atoms with E-state index in [1.807, 2.05) is 4.90 Å². The second-order valence-corrected chi connectivity index (χ2v) is 8.62. The van der Waals surface area contributed by atoms with Crippen LogP contribution in [0, 0.1) is 23.4 Å². The van der Waals surface area contributed by atoms with Crippen molar-refractivity contribution in [2.45, 2.75) is 32.7 Å². The summed E-state index contributed by atoms with van der Waals surface area (Å²) >= 11 is 0. The van der Waals surface area contributed by atoms with Crippen LogP contribution in [-0.2, 0) is 11.2 Å². The molecule has 0 aliphatic carbocycles. The van der Waals surface area contributed by atoms with Crippen LogP contribution in [0.5, 0.6) is 0 Å². The van der Waals surface area contributed by atoms with E-state index >= 15 is 0 Å². The molecule has 0 spiro atoms. The van der Waals surface area contributed by atoms with Crippen molar-refractivity contribution in [3.63, 3.8) is 0 Å². The summed E-state index contributed by atoms with van der Waals surface area (Å²) in [5, 5.41) is 5.37. The maximum Gasteiger partial charge on any atom is 0.341 e. The van der Waals surface area contributed by atoms with Crippen molar-refractivity contribution in [1.29, 1.82) is 0 Å². The van der Waals surface area contributed by atoms with Crippen LogP contribution in [0.3, 0.4) is 0 Å². The molecular formula is C23H25F3N6O2. The van der Waals surface area contributed by atoms with E-state index in [4.69, 9.17) is 0 Å². The van der Waals surface area contributed by atoms with Crippen LogP contribution in [0.4, 0.5) is 23.9 Å². The van der Waals surface area contributed by atoms with Crippen LogP contribution in [-0.4, -0.2) is 64.1 Å². The lowest BCUT2D eigenvalue weighted by atomic mass is 10.0. The molecule has 2 amide bonds. The number of hydrazone groups is 1. The average Bonchev–Trinajstić information content (AvgIpc) is 3.29. The van der Waals surface area contributed by atoms with Gasteiger partial charge in [-0.25, -0.2) is 32.9 Å². The van der Waals surface area contributed by atoms with Crippen LogP contribution in [0.1, 0.15) is 37.6 Å². The Morgan fingerprint density at radius 1 is 1.06 bits per heavy atom. The molecule has 1 aromatic heterocycles. The summed E-state index contributed by atoms with van der Waals surface area (Å²) in [6, 6.07) is 2.23. The van der Waals surface area contributed by atoms with Gasteiger partial charge >= 0.3 is 6.03 Å². The molecule has 1 fully saturated rings. The number of piperazine rings is 1. The van der Waals surface area contributed by atoms with Crippen LogP contribution in [0.2, 0.25) is 0 Å². The van der Waals surface area contributed by atoms with E-state index in [2.05, 4.69) is 15.1 Å². The van der Waals surface area contributed by atoms with Crippen molar-refractivity contribution < 1.29 is 22.8 Å². The number of amides is 2. The molecule has 1 saturated heterocycles. The SMILES string of the molecule is CC(C)C(=O)Cc1nc(N2CCN(C(=O)N3N=CC[C@H]3c3cc(F)cc(F)c3)CC2)ncc1F. The molecule has 0 bridgehead atoms. The summed E-state index contributed by atoms with van der Waals surface area (Å²) in [6.45, 7) is 4.94. The Hall–Kier alpha value is -3.50. The monoisotopic (exact) mass is 474 g/mol. The fourth-order valence-corrected chi connectivity index (χ4v) is 3.92. The number of hydrogen-bond donors (Lipinski definition) is 0. The number of rotatable bonds is 5. The Bertz CT molecular complexity index is 1100. The van der Waals surface area contributed by atoms with E-state index < -0.39 is 23.5 Å². The van der Waals surface area contributed by atoms with Gasteiger partial charge in [-0.15, -0.1) is 0 Å². The molecule has 0 unspecified atom stereocenters. The molecule has 0 saturated carbocycles. The molecule has 3 heterocycles. The highest BCUT2D eigenvalue weighted by atomic mass is 19.1. The van der Waals surface area contributed by atoms with Crippen LogP contribution in [0.25, 0.3) is 0 Å². The minimum Gasteiger partial charge on any atom is -0.337 e. The number of nitrogens with zero attached hydrogens (tertiary/aromatic N) is 6. The topological polar surface area (TPSA) is 82.0 Å². The first kappa shape index (κ1) is 23.7. The van der Waals surface area contributed by atoms with Gasteiger partial charge in [-0.1, -0.05) is 13.8 Å². The van der Waals surface area contributed by atoms with E-state index in [0.717, 1.165) is 12.3 Å². The normalized spacial score (nSPS) is 18.2. The number of anilines is 1. The Morgan fingerprint density at radius 3 is 2.38 bits per heavy atom. The first-order valence-corrected chi connectivity index (χ1v) is 11.1. The van der Waals surface area contributed by atoms with Gasteiger partial charge in [0.1, 0.15) is 17.4 Å². The molecule has 1 atom stereocenters. The maximum atomic E-state index is 14.1. The van der Waals surface area contributed by atoms with Crippen molar-refractivity contribution in [1.82, 2.24) is 19.9 Å². The fraction of sp³-hybridized carbons (Fsp3) is 0.435. The third-order valence-electron chi connectivity index (χ3n) is 5.92. The van der Waals surface area contributed by atoms with Crippen LogP contribution < -0.4 is 4.90 Å². The zero-order chi connectivity index (χ0) is 24.4. The largest absolute Gasteiger partial charge is 0.341 e. The number of hydrogen-bond acceptors (Lipinski definition) is 6. The summed E-state index contributed by atoms with van der Waals surface area (Å²) in [4.78, 5) is 36.8. The first-order chi connectivity index (χ1) is 16.2. The molecule has 0 radical (unpaired) electrons. The smallest absolute Gasteiger partial charge is 0.337 e. The van der Waals surface area contributed by atoms with Gasteiger partial charge in [0.05, 0.1) is 24.4 Å². The van der Waals surface area contributed by atoms with Gasteiger partial charge in [0.15, 0.2) is 5.82 Å². The molecule has 4 rings (SSSR count). The molecule has 8 nitrogen and oxygen atoms in total. The third kappa shape index (κ3) is 5.02. The lowest BCUT2D eigenvalue weighted by molar-refractivity contribution is -0.121. The summed E-state index contributed by atoms with van der Waals surface area (Å²) in [7, 11) is 0. The van der Waals surface area contributed by atoms with Gasteiger partial charge in [-0.2, -0.15) is 5.10 Å². The Balaban J connectivity index is 1.41. The zero-order valence-corrected chi connectivity index (χ0v) is 18.9. The number of aromatic nitrogens is 2. The zero-order valence-electron chi connectivity index (χ0n) is 18.9. The standard InChI is InChI=1S/C23H25F3N6O2/c1-14(2)21(33)12-19-18(26)13-27-22(29-19)30-5-7-31(8-6-30)23(34)32-20(3-4-28-32)15-9-16(24)11-17(25)10-15/h4,9-11,13-14,20H,3,5-8,12H2,1-2H3/t20-/m0/s1. The molecule has 180 valence electrons. The number of ketones is 1. The van der Waals surface area contributed by atoms with Gasteiger partial charge in [-0.05, 0) is 17.7 Å². The number of Topliss-reactive ketones (excluding diaryl/α,β-unsaturated/α-hetero) is 1. The molecule has 1 aromatic carbocycles. The summed E-state index contributed by atoms with van der Waals surface area (Å²) in [6.07, 6.45) is 2.86. The molecular weight excluding hydrogens is 449 g/mol. The van der Waals surface area contributed by atoms with E-state index in [1.165, 1.54) is 17.1 Å². The summed E-state index contributed by atoms with van der Waals surface area (Å²) < 4.78 is 41.5. The minimum atomic E-state index is -0.711. The van der Waals surface area contributed by atoms with Crippen molar-refractivity contribution in [2.24, 2.45) is 11.0 Å². The summed E-state index contributed by atoms with van der Waals surface area (Å²) in [5.74, 6) is -2.09. The Labute approximate surface area is 195 Å². The second-order valence-electron chi connectivity index (χ2n) is 8.62. The lowest BCUT2D eigenvalue weighted by Gasteiger charge is -2.37. The van der Waals surface area contributed by atoms with Gasteiger partial charge in [0, 0.05) is 50.8 Å². The predicted molar refractivity (Wildman–Crippen MR) is 119 cm³/mol. The highest BCUT2D eigenvalue weighted by Gasteiger charge is 2.34. The van der Waals surface area contributed by atoms with E-state index in [-0.39, 0.29) is 29.8 Å². The Morgan fingerprint density at radius 2 is 1.74 bits per heavy atom. The highest BCUT2D eigenvalue weighted by molar-refractivity contribution is 5.82. The molecule has 34 heavy (non-hydrogen) atoms. The minimum absolute atomic E-state index is 0.0544. The number of urea groups is 1. The molecule has 0 N–H and O–H groups in total. The van der Waals surface area contributed by atoms with Gasteiger partial charge in [-0.3, -0.25) is 4.79 Å². The molecule has 2 aliphatic rings. The molecule has 2 aromatic rings. The van der Waals surface area contributed by atoms with E-state index in [1.54, 1.807) is 25.0 Å². The maximum absolute atomic E-state index is 14.1. The van der Waals surface area contributed by atoms with Crippen molar-refractivity contribution in [3.8, 4) is 0 Å². The van der Waals surface area contributed by atoms with E-state index in [9.17, 15) is 22.8 Å². The van der Waals surface area contributed by atoms with Crippen molar-refractivity contribution in [2.75, 3.05) is 31.1 Å². The van der Waals surface area contributed by atoms with Gasteiger partial charge < -0.3 is 9.80 Å². The molecule has 11 heteroatoms. The van der Waals surface area contributed by atoms with Gasteiger partial charge in [0.2, 0.25) is 5.95 Å². The van der Waals surface area contributed by atoms with Crippen LogP contribution >= 0.6 is 0 Å². The van der Waals surface area contributed by atoms with Gasteiger partial charge in [0.25, 0.3) is 0 Å². The van der Waals surface area contributed by atoms with Crippen molar-refractivity contribution >= 4 is 24.0 Å². The first-order valence-electron chi connectivity index (χ1n) is 11.1. The summed E-state index contributed by atoms with van der Waals surface area (Å²) in [5.41, 5.74) is 0.393. The molecule has 2 aliphatic heterocycles. The fourth-order valence-electron chi connectivity index (χ4n) is 3.92. The second kappa shape index (κ2) is 9.78. The highest BCUT2D eigenvalue weighted by Crippen LogP contribution is 2.30. The third-order valence-corrected chi connectivity index (χ3v) is 5.92. The number of benzene rings is 1. The number of carbonyl (C=O) groups is 2. The number of halogens is 3. The van der Waals surface area contributed by atoms with Crippen molar-refractivity contribution in [3.05, 3.63) is 53.1 Å². The quantitative estimate of drug-likeness (QED) is 0.664. The van der Waals surface area contributed by atoms with E-state index in [0.29, 0.717) is 44.1 Å². The average molecular weight is 474 g/mol. The van der Waals surface area contributed by atoms with Crippen LogP contribution in [0.15, 0.2) is 29.5 Å². The lowest BCUT2D eigenvalue weighted by Crippen LogP contribution is -2.52. The number of carbonyl (C=O) groups excluding carboxylic acids is 2. The Kier molecular flexibility index (Phi) is 6.80. The predicted octanol–water partition coefficient (Wildman–Crippen LogP) is 3.34.